The van der Waals surface area contributed by atoms with Crippen molar-refractivity contribution in [3.05, 3.63) is 52.3 Å². The number of amides is 1. The third-order valence-corrected chi connectivity index (χ3v) is 3.19. The number of benzene rings is 1. The van der Waals surface area contributed by atoms with Crippen LogP contribution in [0.15, 0.2) is 36.7 Å². The molecule has 4 nitrogen and oxygen atoms in total. The van der Waals surface area contributed by atoms with E-state index in [2.05, 4.69) is 10.3 Å². The van der Waals surface area contributed by atoms with Crippen molar-refractivity contribution in [3.8, 4) is 5.75 Å². The summed E-state index contributed by atoms with van der Waals surface area (Å²) in [6.45, 7) is 3.83. The highest BCUT2D eigenvalue weighted by Gasteiger charge is 2.12. The van der Waals surface area contributed by atoms with E-state index in [0.717, 1.165) is 0 Å². The van der Waals surface area contributed by atoms with E-state index in [4.69, 9.17) is 27.9 Å². The fraction of sp³-hybridized carbons (Fsp3) is 0.200. The zero-order chi connectivity index (χ0) is 15.4. The van der Waals surface area contributed by atoms with Gasteiger partial charge in [0.2, 0.25) is 0 Å². The largest absolute Gasteiger partial charge is 0.489 e. The smallest absolute Gasteiger partial charge is 0.258 e. The summed E-state index contributed by atoms with van der Waals surface area (Å²) < 4.78 is 5.53. The van der Waals surface area contributed by atoms with Crippen LogP contribution in [0, 0.1) is 0 Å². The predicted octanol–water partition coefficient (Wildman–Crippen LogP) is 4.43. The second-order valence-corrected chi connectivity index (χ2v) is 5.44. The molecule has 0 aliphatic rings. The summed E-state index contributed by atoms with van der Waals surface area (Å²) in [7, 11) is 0. The van der Waals surface area contributed by atoms with Gasteiger partial charge in [-0.3, -0.25) is 9.78 Å². The Balaban J connectivity index is 2.15. The molecule has 0 radical (unpaired) electrons. The first kappa shape index (κ1) is 15.6. The van der Waals surface area contributed by atoms with Gasteiger partial charge in [0, 0.05) is 18.1 Å². The standard InChI is InChI=1S/C15H14Cl2N2O2/c1-9(2)21-14-4-3-10(7-13(14)17)19-15(20)11-8-18-6-5-12(11)16/h3-9H,1-2H3,(H,19,20). The topological polar surface area (TPSA) is 51.2 Å². The van der Waals surface area contributed by atoms with Crippen molar-refractivity contribution >= 4 is 34.8 Å². The zero-order valence-corrected chi connectivity index (χ0v) is 13.1. The predicted molar refractivity (Wildman–Crippen MR) is 84.4 cm³/mol. The van der Waals surface area contributed by atoms with Crippen molar-refractivity contribution in [1.82, 2.24) is 4.98 Å². The lowest BCUT2D eigenvalue weighted by Crippen LogP contribution is -2.13. The van der Waals surface area contributed by atoms with E-state index >= 15 is 0 Å². The number of ether oxygens (including phenoxy) is 1. The molecule has 0 bridgehead atoms. The molecule has 0 atom stereocenters. The third-order valence-electron chi connectivity index (χ3n) is 2.56. The summed E-state index contributed by atoms with van der Waals surface area (Å²) in [6, 6.07) is 6.61. The fourth-order valence-corrected chi connectivity index (χ4v) is 2.09. The average Bonchev–Trinajstić information content (AvgIpc) is 2.42. The molecule has 1 amide bonds. The van der Waals surface area contributed by atoms with E-state index in [9.17, 15) is 4.79 Å². The van der Waals surface area contributed by atoms with Crippen LogP contribution >= 0.6 is 23.2 Å². The first-order valence-electron chi connectivity index (χ1n) is 6.34. The monoisotopic (exact) mass is 324 g/mol. The van der Waals surface area contributed by atoms with E-state index in [1.807, 2.05) is 13.8 Å². The number of hydrogen-bond acceptors (Lipinski definition) is 3. The van der Waals surface area contributed by atoms with Crippen molar-refractivity contribution in [3.63, 3.8) is 0 Å². The average molecular weight is 325 g/mol. The molecule has 21 heavy (non-hydrogen) atoms. The molecule has 0 aliphatic heterocycles. The lowest BCUT2D eigenvalue weighted by molar-refractivity contribution is 0.102. The number of rotatable bonds is 4. The number of carbonyl (C=O) groups is 1. The van der Waals surface area contributed by atoms with Gasteiger partial charge in [-0.1, -0.05) is 23.2 Å². The van der Waals surface area contributed by atoms with Gasteiger partial charge in [-0.2, -0.15) is 0 Å². The van der Waals surface area contributed by atoms with Gasteiger partial charge in [-0.05, 0) is 38.1 Å². The van der Waals surface area contributed by atoms with Crippen LogP contribution in [0.1, 0.15) is 24.2 Å². The van der Waals surface area contributed by atoms with Gasteiger partial charge >= 0.3 is 0 Å². The van der Waals surface area contributed by atoms with E-state index in [0.29, 0.717) is 27.0 Å². The first-order chi connectivity index (χ1) is 9.97. The number of hydrogen-bond donors (Lipinski definition) is 1. The molecule has 110 valence electrons. The van der Waals surface area contributed by atoms with Crippen LogP contribution in [-0.2, 0) is 0 Å². The summed E-state index contributed by atoms with van der Waals surface area (Å²) in [5.74, 6) is 0.228. The van der Waals surface area contributed by atoms with Crippen molar-refractivity contribution in [1.29, 1.82) is 0 Å². The van der Waals surface area contributed by atoms with Gasteiger partial charge in [0.1, 0.15) is 5.75 Å². The minimum atomic E-state index is -0.346. The Kier molecular flexibility index (Phi) is 5.04. The molecule has 2 aromatic rings. The van der Waals surface area contributed by atoms with E-state index in [1.165, 1.54) is 12.4 Å². The minimum absolute atomic E-state index is 0.0251. The fourth-order valence-electron chi connectivity index (χ4n) is 1.67. The molecule has 0 spiro atoms. The zero-order valence-electron chi connectivity index (χ0n) is 11.6. The molecule has 1 heterocycles. The van der Waals surface area contributed by atoms with E-state index < -0.39 is 0 Å². The highest BCUT2D eigenvalue weighted by Crippen LogP contribution is 2.29. The van der Waals surface area contributed by atoms with Crippen LogP contribution in [0.2, 0.25) is 10.0 Å². The molecule has 1 aromatic carbocycles. The molecule has 0 fully saturated rings. The van der Waals surface area contributed by atoms with Gasteiger partial charge in [-0.15, -0.1) is 0 Å². The molecular formula is C15H14Cl2N2O2. The molecule has 2 rings (SSSR count). The Morgan fingerprint density at radius 1 is 1.24 bits per heavy atom. The van der Waals surface area contributed by atoms with Crippen molar-refractivity contribution in [2.75, 3.05) is 5.32 Å². The molecule has 0 saturated heterocycles. The summed E-state index contributed by atoms with van der Waals surface area (Å²) in [5.41, 5.74) is 0.860. The minimum Gasteiger partial charge on any atom is -0.489 e. The number of halogens is 2. The first-order valence-corrected chi connectivity index (χ1v) is 7.10. The molecule has 1 aromatic heterocycles. The van der Waals surface area contributed by atoms with Crippen molar-refractivity contribution in [2.24, 2.45) is 0 Å². The van der Waals surface area contributed by atoms with Gasteiger partial charge in [-0.25, -0.2) is 0 Å². The van der Waals surface area contributed by atoms with Crippen LogP contribution in [0.3, 0.4) is 0 Å². The lowest BCUT2D eigenvalue weighted by atomic mass is 10.2. The molecule has 1 N–H and O–H groups in total. The van der Waals surface area contributed by atoms with Crippen LogP contribution in [0.25, 0.3) is 0 Å². The van der Waals surface area contributed by atoms with Crippen molar-refractivity contribution in [2.45, 2.75) is 20.0 Å². The second-order valence-electron chi connectivity index (χ2n) is 4.62. The summed E-state index contributed by atoms with van der Waals surface area (Å²) in [6.07, 6.45) is 2.96. The SMILES string of the molecule is CC(C)Oc1ccc(NC(=O)c2cnccc2Cl)cc1Cl. The lowest BCUT2D eigenvalue weighted by Gasteiger charge is -2.13. The molecule has 6 heteroatoms. The number of anilines is 1. The Hall–Kier alpha value is -1.78. The Labute approximate surface area is 133 Å². The van der Waals surface area contributed by atoms with Gasteiger partial charge < -0.3 is 10.1 Å². The Morgan fingerprint density at radius 2 is 2.00 bits per heavy atom. The number of nitrogens with one attached hydrogen (secondary N) is 1. The summed E-state index contributed by atoms with van der Waals surface area (Å²) in [5, 5.41) is 3.49. The normalized spacial score (nSPS) is 10.5. The van der Waals surface area contributed by atoms with E-state index in [1.54, 1.807) is 24.3 Å². The maximum Gasteiger partial charge on any atom is 0.258 e. The van der Waals surface area contributed by atoms with Gasteiger partial charge in [0.25, 0.3) is 5.91 Å². The number of pyridine rings is 1. The number of carbonyl (C=O) groups excluding carboxylic acids is 1. The van der Waals surface area contributed by atoms with Crippen molar-refractivity contribution < 1.29 is 9.53 Å². The highest BCUT2D eigenvalue weighted by molar-refractivity contribution is 6.34. The number of nitrogens with zero attached hydrogens (tertiary/aromatic N) is 1. The highest BCUT2D eigenvalue weighted by atomic mass is 35.5. The second kappa shape index (κ2) is 6.78. The third kappa shape index (κ3) is 4.09. The van der Waals surface area contributed by atoms with Crippen LogP contribution in [0.5, 0.6) is 5.75 Å². The van der Waals surface area contributed by atoms with Crippen LogP contribution < -0.4 is 10.1 Å². The van der Waals surface area contributed by atoms with Crippen LogP contribution in [-0.4, -0.2) is 17.0 Å². The molecule has 0 unspecified atom stereocenters. The Bertz CT molecular complexity index is 660. The van der Waals surface area contributed by atoms with E-state index in [-0.39, 0.29) is 12.0 Å². The maximum absolute atomic E-state index is 12.1. The van der Waals surface area contributed by atoms with Gasteiger partial charge in [0.15, 0.2) is 0 Å². The summed E-state index contributed by atoms with van der Waals surface area (Å²) in [4.78, 5) is 16.0. The number of aromatic nitrogens is 1. The van der Waals surface area contributed by atoms with Gasteiger partial charge in [0.05, 0.1) is 21.7 Å². The maximum atomic E-state index is 12.1. The summed E-state index contributed by atoms with van der Waals surface area (Å²) >= 11 is 12.1. The van der Waals surface area contributed by atoms with Crippen LogP contribution in [0.4, 0.5) is 5.69 Å². The molecule has 0 aliphatic carbocycles. The quantitative estimate of drug-likeness (QED) is 0.905. The molecular weight excluding hydrogens is 311 g/mol. The Morgan fingerprint density at radius 3 is 2.62 bits per heavy atom. The molecule has 0 saturated carbocycles.